The van der Waals surface area contributed by atoms with E-state index in [2.05, 4.69) is 22.3 Å². The average molecular weight is 425 g/mol. The van der Waals surface area contributed by atoms with Crippen LogP contribution in [-0.2, 0) is 20.9 Å². The Morgan fingerprint density at radius 1 is 1.13 bits per heavy atom. The van der Waals surface area contributed by atoms with E-state index >= 15 is 0 Å². The van der Waals surface area contributed by atoms with E-state index in [9.17, 15) is 9.59 Å². The molecule has 1 fully saturated rings. The number of nitrogens with one attached hydrogen (secondary N) is 1. The van der Waals surface area contributed by atoms with Gasteiger partial charge in [0.1, 0.15) is 5.60 Å². The minimum absolute atomic E-state index is 0.297. The van der Waals surface area contributed by atoms with Crippen molar-refractivity contribution in [3.8, 4) is 0 Å². The Kier molecular flexibility index (Phi) is 5.67. The fraction of sp³-hybridized carbons (Fsp3) is 0.333. The Morgan fingerprint density at radius 2 is 1.83 bits per heavy atom. The number of carbonyl (C=O) groups is 2. The molecule has 1 saturated heterocycles. The van der Waals surface area contributed by atoms with E-state index in [1.165, 1.54) is 5.56 Å². The highest BCUT2D eigenvalue weighted by Crippen LogP contribution is 2.41. The van der Waals surface area contributed by atoms with Crippen molar-refractivity contribution in [1.29, 1.82) is 0 Å². The van der Waals surface area contributed by atoms with Gasteiger partial charge in [-0.15, -0.1) is 0 Å². The predicted molar refractivity (Wildman–Crippen MR) is 117 cm³/mol. The van der Waals surface area contributed by atoms with Gasteiger partial charge in [0.15, 0.2) is 0 Å². The molecule has 0 bridgehead atoms. The summed E-state index contributed by atoms with van der Waals surface area (Å²) >= 11 is 6.19. The first-order valence-electron chi connectivity index (χ1n) is 10.2. The number of esters is 1. The third-order valence-corrected chi connectivity index (χ3v) is 6.40. The summed E-state index contributed by atoms with van der Waals surface area (Å²) in [5, 5.41) is 3.48. The number of hydrogen-bond donors (Lipinski definition) is 1. The van der Waals surface area contributed by atoms with Crippen LogP contribution < -0.4 is 5.32 Å². The third-order valence-electron chi connectivity index (χ3n) is 5.99. The van der Waals surface area contributed by atoms with E-state index in [0.717, 1.165) is 25.2 Å². The molecule has 1 amide bonds. The Labute approximate surface area is 181 Å². The Hall–Kier alpha value is -2.63. The number of anilines is 1. The van der Waals surface area contributed by atoms with Gasteiger partial charge in [0.05, 0.1) is 5.57 Å². The fourth-order valence-corrected chi connectivity index (χ4v) is 4.44. The molecular weight excluding hydrogens is 400 g/mol. The minimum atomic E-state index is -0.854. The van der Waals surface area contributed by atoms with E-state index in [4.69, 9.17) is 16.3 Å². The lowest BCUT2D eigenvalue weighted by atomic mass is 9.82. The van der Waals surface area contributed by atoms with Gasteiger partial charge in [-0.2, -0.15) is 0 Å². The van der Waals surface area contributed by atoms with Crippen molar-refractivity contribution in [1.82, 2.24) is 4.90 Å². The second-order valence-corrected chi connectivity index (χ2v) is 8.47. The van der Waals surface area contributed by atoms with Gasteiger partial charge in [-0.1, -0.05) is 48.0 Å². The first kappa shape index (κ1) is 20.6. The van der Waals surface area contributed by atoms with Gasteiger partial charge in [0.25, 0.3) is 5.91 Å². The van der Waals surface area contributed by atoms with Crippen molar-refractivity contribution in [3.63, 3.8) is 0 Å². The number of nitrogens with zero attached hydrogens (tertiary/aromatic N) is 1. The van der Waals surface area contributed by atoms with Crippen LogP contribution in [0.4, 0.5) is 5.69 Å². The Balaban J connectivity index is 1.50. The second-order valence-electron chi connectivity index (χ2n) is 8.06. The maximum absolute atomic E-state index is 13.2. The summed E-state index contributed by atoms with van der Waals surface area (Å²) in [5.41, 5.74) is 2.77. The summed E-state index contributed by atoms with van der Waals surface area (Å²) in [7, 11) is 0. The molecule has 2 aromatic rings. The van der Waals surface area contributed by atoms with E-state index in [1.54, 1.807) is 13.0 Å². The Bertz CT molecular complexity index is 1010. The van der Waals surface area contributed by atoms with Crippen LogP contribution in [0.15, 0.2) is 59.7 Å². The molecule has 0 aromatic heterocycles. The molecular formula is C24H25ClN2O3. The van der Waals surface area contributed by atoms with Crippen molar-refractivity contribution in [3.05, 3.63) is 75.8 Å². The summed E-state index contributed by atoms with van der Waals surface area (Å²) in [6.45, 7) is 5.93. The molecule has 4 rings (SSSR count). The number of halogens is 1. The van der Waals surface area contributed by atoms with Crippen molar-refractivity contribution in [2.75, 3.05) is 18.4 Å². The lowest BCUT2D eigenvalue weighted by molar-refractivity contribution is -0.150. The van der Waals surface area contributed by atoms with Crippen LogP contribution in [0.2, 0.25) is 5.02 Å². The van der Waals surface area contributed by atoms with Crippen LogP contribution >= 0.6 is 11.6 Å². The highest BCUT2D eigenvalue weighted by molar-refractivity contribution is 6.31. The van der Waals surface area contributed by atoms with Crippen molar-refractivity contribution in [2.24, 2.45) is 0 Å². The number of rotatable bonds is 4. The summed E-state index contributed by atoms with van der Waals surface area (Å²) in [5.74, 6) is -0.701. The number of amides is 1. The molecule has 1 N–H and O–H groups in total. The van der Waals surface area contributed by atoms with E-state index in [0.29, 0.717) is 34.7 Å². The molecule has 6 heteroatoms. The molecule has 0 unspecified atom stereocenters. The van der Waals surface area contributed by atoms with Crippen molar-refractivity contribution >= 4 is 29.2 Å². The van der Waals surface area contributed by atoms with Crippen LogP contribution in [0.1, 0.15) is 30.9 Å². The lowest BCUT2D eigenvalue weighted by Crippen LogP contribution is -2.47. The number of benzene rings is 2. The zero-order valence-corrected chi connectivity index (χ0v) is 18.0. The van der Waals surface area contributed by atoms with Crippen molar-refractivity contribution in [2.45, 2.75) is 38.8 Å². The topological polar surface area (TPSA) is 58.6 Å². The molecule has 2 aromatic carbocycles. The van der Waals surface area contributed by atoms with Crippen LogP contribution in [0.25, 0.3) is 0 Å². The van der Waals surface area contributed by atoms with Crippen LogP contribution in [0.3, 0.4) is 0 Å². The molecule has 0 radical (unpaired) electrons. The number of hydrogen-bond acceptors (Lipinski definition) is 4. The SMILES string of the molecule is CC1=C(C(=O)Nc2ccc(C)c(Cl)c2)C2(CCN(Cc3ccccc3)CC2)OC1=O. The quantitative estimate of drug-likeness (QED) is 0.734. The average Bonchev–Trinajstić information content (AvgIpc) is 2.97. The minimum Gasteiger partial charge on any atom is -0.450 e. The third kappa shape index (κ3) is 4.00. The van der Waals surface area contributed by atoms with Crippen molar-refractivity contribution < 1.29 is 14.3 Å². The van der Waals surface area contributed by atoms with Gasteiger partial charge < -0.3 is 10.1 Å². The summed E-state index contributed by atoms with van der Waals surface area (Å²) in [6, 6.07) is 15.7. The predicted octanol–water partition coefficient (Wildman–Crippen LogP) is 4.50. The molecule has 1 spiro atoms. The van der Waals surface area contributed by atoms with Gasteiger partial charge in [-0.05, 0) is 37.1 Å². The smallest absolute Gasteiger partial charge is 0.335 e. The van der Waals surface area contributed by atoms with Crippen LogP contribution in [0, 0.1) is 6.92 Å². The molecule has 30 heavy (non-hydrogen) atoms. The maximum Gasteiger partial charge on any atom is 0.335 e. The summed E-state index contributed by atoms with van der Waals surface area (Å²) in [4.78, 5) is 27.9. The van der Waals surface area contributed by atoms with E-state index in [-0.39, 0.29) is 5.91 Å². The Morgan fingerprint density at radius 3 is 2.50 bits per heavy atom. The molecule has 0 saturated carbocycles. The zero-order valence-electron chi connectivity index (χ0n) is 17.2. The highest BCUT2D eigenvalue weighted by atomic mass is 35.5. The first-order valence-corrected chi connectivity index (χ1v) is 10.5. The number of piperidine rings is 1. The van der Waals surface area contributed by atoms with E-state index in [1.807, 2.05) is 37.3 Å². The number of carbonyl (C=O) groups excluding carboxylic acids is 2. The zero-order chi connectivity index (χ0) is 21.3. The maximum atomic E-state index is 13.2. The normalized spacial score (nSPS) is 18.6. The number of likely N-dealkylation sites (tertiary alicyclic amines) is 1. The molecule has 5 nitrogen and oxygen atoms in total. The number of aryl methyl sites for hydroxylation is 1. The van der Waals surface area contributed by atoms with Crippen LogP contribution in [-0.4, -0.2) is 35.5 Å². The van der Waals surface area contributed by atoms with Gasteiger partial charge in [-0.3, -0.25) is 9.69 Å². The largest absolute Gasteiger partial charge is 0.450 e. The summed E-state index contributed by atoms with van der Waals surface area (Å²) in [6.07, 6.45) is 1.20. The molecule has 2 heterocycles. The standard InChI is InChI=1S/C24H25ClN2O3/c1-16-8-9-19(14-20(16)25)26-22(28)21-17(2)23(29)30-24(21)10-12-27(13-11-24)15-18-6-4-3-5-7-18/h3-9,14H,10-13,15H2,1-2H3,(H,26,28). The van der Waals surface area contributed by atoms with Gasteiger partial charge >= 0.3 is 5.97 Å². The molecule has 156 valence electrons. The van der Waals surface area contributed by atoms with Gasteiger partial charge in [0.2, 0.25) is 0 Å². The monoisotopic (exact) mass is 424 g/mol. The first-order chi connectivity index (χ1) is 14.4. The lowest BCUT2D eigenvalue weighted by Gasteiger charge is -2.39. The molecule has 2 aliphatic heterocycles. The molecule has 0 aliphatic carbocycles. The fourth-order valence-electron chi connectivity index (χ4n) is 4.26. The van der Waals surface area contributed by atoms with Gasteiger partial charge in [0, 0.05) is 48.8 Å². The molecule has 0 atom stereocenters. The van der Waals surface area contributed by atoms with Crippen LogP contribution in [0.5, 0.6) is 0 Å². The molecule has 2 aliphatic rings. The highest BCUT2D eigenvalue weighted by Gasteiger charge is 2.50. The van der Waals surface area contributed by atoms with Gasteiger partial charge in [-0.25, -0.2) is 4.79 Å². The second kappa shape index (κ2) is 8.25. The van der Waals surface area contributed by atoms with E-state index < -0.39 is 11.6 Å². The number of ether oxygens (including phenoxy) is 1. The summed E-state index contributed by atoms with van der Waals surface area (Å²) < 4.78 is 5.79.